The molecule has 1 amide bonds. The summed E-state index contributed by atoms with van der Waals surface area (Å²) < 4.78 is 18.5. The molecule has 0 N–H and O–H groups in total. The van der Waals surface area contributed by atoms with Crippen LogP contribution in [0.5, 0.6) is 0 Å². The van der Waals surface area contributed by atoms with E-state index in [-0.39, 0.29) is 6.54 Å². The number of ether oxygens (including phenoxy) is 1. The van der Waals surface area contributed by atoms with Crippen LogP contribution in [-0.4, -0.2) is 25.6 Å². The van der Waals surface area contributed by atoms with Crippen LogP contribution in [0, 0.1) is 0 Å². The molecule has 0 fully saturated rings. The second-order valence-corrected chi connectivity index (χ2v) is 8.53. The summed E-state index contributed by atoms with van der Waals surface area (Å²) in [7, 11) is 0. The van der Waals surface area contributed by atoms with Gasteiger partial charge in [-0.1, -0.05) is 0 Å². The zero-order valence-corrected chi connectivity index (χ0v) is 16.7. The van der Waals surface area contributed by atoms with Crippen molar-refractivity contribution >= 4 is 44.2 Å². The smallest absolute Gasteiger partial charge is 0.415 e. The van der Waals surface area contributed by atoms with Crippen LogP contribution >= 0.6 is 22.9 Å². The van der Waals surface area contributed by atoms with Gasteiger partial charge in [-0.05, 0) is 44.4 Å². The topological polar surface area (TPSA) is 73.4 Å². The lowest BCUT2D eigenvalue weighted by molar-refractivity contribution is 0.0576. The number of rotatable bonds is 4. The number of aromatic nitrogens is 3. The van der Waals surface area contributed by atoms with Gasteiger partial charge in [-0.15, -0.1) is 11.3 Å². The van der Waals surface area contributed by atoms with Gasteiger partial charge in [-0.3, -0.25) is 4.90 Å². The number of carbonyl (C=O) groups excluding carboxylic acids is 1. The first-order chi connectivity index (χ1) is 12.9. The molecule has 0 aromatic carbocycles. The molecule has 140 valence electrons. The molecule has 0 saturated carbocycles. The van der Waals surface area contributed by atoms with E-state index in [1.807, 2.05) is 43.0 Å². The predicted octanol–water partition coefficient (Wildman–Crippen LogP) is 5.08. The first-order valence-electron chi connectivity index (χ1n) is 8.30. The molecular formula is C18H18N4O3S2. The number of thiophene rings is 1. The maximum Gasteiger partial charge on any atom is 0.415 e. The molecule has 0 spiro atoms. The van der Waals surface area contributed by atoms with E-state index in [9.17, 15) is 4.79 Å². The van der Waals surface area contributed by atoms with E-state index in [1.165, 1.54) is 11.5 Å². The van der Waals surface area contributed by atoms with Crippen LogP contribution in [0.3, 0.4) is 0 Å². The highest BCUT2D eigenvalue weighted by Gasteiger charge is 2.28. The first kappa shape index (κ1) is 17.7. The molecule has 27 heavy (non-hydrogen) atoms. The van der Waals surface area contributed by atoms with Gasteiger partial charge in [0, 0.05) is 17.8 Å². The second-order valence-electron chi connectivity index (χ2n) is 6.90. The minimum atomic E-state index is -0.597. The molecule has 9 heteroatoms. The van der Waals surface area contributed by atoms with Crippen LogP contribution in [-0.2, 0) is 11.3 Å². The standard InChI is InChI=1S/C18H18N4O3S2/c1-18(2,3)25-17(23)22(9-12-5-4-8-24-12)16-15-14(20-27-16)13(10-26-15)21-7-6-19-11-21/h4-8,10-11H,9H2,1-3H3. The van der Waals surface area contributed by atoms with Crippen molar-refractivity contribution < 1.29 is 13.9 Å². The molecule has 4 rings (SSSR count). The van der Waals surface area contributed by atoms with E-state index >= 15 is 0 Å². The van der Waals surface area contributed by atoms with Crippen LogP contribution in [0.4, 0.5) is 9.80 Å². The SMILES string of the molecule is CC(C)(C)OC(=O)N(Cc1ccco1)c1snc2c(-n3ccnc3)csc12. The zero-order chi connectivity index (χ0) is 19.0. The normalized spacial score (nSPS) is 11.8. The third kappa shape index (κ3) is 3.60. The van der Waals surface area contributed by atoms with E-state index in [4.69, 9.17) is 9.15 Å². The number of hydrogen-bond donors (Lipinski definition) is 0. The van der Waals surface area contributed by atoms with Crippen molar-refractivity contribution in [2.24, 2.45) is 0 Å². The Kier molecular flexibility index (Phi) is 4.48. The lowest BCUT2D eigenvalue weighted by Crippen LogP contribution is -2.36. The van der Waals surface area contributed by atoms with Crippen LogP contribution in [0.15, 0.2) is 46.9 Å². The summed E-state index contributed by atoms with van der Waals surface area (Å²) in [6.07, 6.45) is 6.49. The van der Waals surface area contributed by atoms with Crippen molar-refractivity contribution in [3.63, 3.8) is 0 Å². The van der Waals surface area contributed by atoms with Gasteiger partial charge >= 0.3 is 6.09 Å². The van der Waals surface area contributed by atoms with Crippen LogP contribution in [0.2, 0.25) is 0 Å². The van der Waals surface area contributed by atoms with Gasteiger partial charge in [-0.2, -0.15) is 4.37 Å². The van der Waals surface area contributed by atoms with E-state index in [0.29, 0.717) is 5.76 Å². The van der Waals surface area contributed by atoms with Gasteiger partial charge in [0.2, 0.25) is 0 Å². The Bertz CT molecular complexity index is 1040. The maximum atomic E-state index is 12.9. The second kappa shape index (κ2) is 6.82. The Labute approximate surface area is 164 Å². The van der Waals surface area contributed by atoms with Crippen LogP contribution in [0.25, 0.3) is 15.9 Å². The van der Waals surface area contributed by atoms with Gasteiger partial charge in [-0.25, -0.2) is 9.78 Å². The molecular weight excluding hydrogens is 384 g/mol. The highest BCUT2D eigenvalue weighted by molar-refractivity contribution is 7.23. The van der Waals surface area contributed by atoms with E-state index in [1.54, 1.807) is 41.1 Å². The number of imidazole rings is 1. The molecule has 0 aliphatic carbocycles. The molecule has 0 unspecified atom stereocenters. The van der Waals surface area contributed by atoms with Crippen molar-refractivity contribution in [3.8, 4) is 5.69 Å². The predicted molar refractivity (Wildman–Crippen MR) is 106 cm³/mol. The molecule has 0 aliphatic heterocycles. The molecule has 0 saturated heterocycles. The van der Waals surface area contributed by atoms with E-state index in [2.05, 4.69) is 9.36 Å². The third-order valence-electron chi connectivity index (χ3n) is 3.70. The molecule has 7 nitrogen and oxygen atoms in total. The summed E-state index contributed by atoms with van der Waals surface area (Å²) in [5.74, 6) is 0.675. The fourth-order valence-electron chi connectivity index (χ4n) is 2.56. The summed E-state index contributed by atoms with van der Waals surface area (Å²) in [5.41, 5.74) is 1.18. The number of amides is 1. The lowest BCUT2D eigenvalue weighted by atomic mass is 10.2. The van der Waals surface area contributed by atoms with Gasteiger partial charge in [0.15, 0.2) is 0 Å². The van der Waals surface area contributed by atoms with Gasteiger partial charge in [0.05, 0.1) is 29.5 Å². The Morgan fingerprint density at radius 3 is 2.93 bits per heavy atom. The minimum Gasteiger partial charge on any atom is -0.467 e. The molecule has 4 aromatic rings. The number of carbonyl (C=O) groups is 1. The van der Waals surface area contributed by atoms with Gasteiger partial charge < -0.3 is 13.7 Å². The zero-order valence-electron chi connectivity index (χ0n) is 15.1. The lowest BCUT2D eigenvalue weighted by Gasteiger charge is -2.25. The van der Waals surface area contributed by atoms with Crippen molar-refractivity contribution in [1.82, 2.24) is 13.9 Å². The minimum absolute atomic E-state index is 0.275. The average Bonchev–Trinajstić information content (AvgIpc) is 3.34. The van der Waals surface area contributed by atoms with Gasteiger partial charge in [0.25, 0.3) is 0 Å². The molecule has 0 aliphatic rings. The summed E-state index contributed by atoms with van der Waals surface area (Å²) in [4.78, 5) is 18.6. The van der Waals surface area contributed by atoms with Crippen molar-refractivity contribution in [3.05, 3.63) is 48.3 Å². The van der Waals surface area contributed by atoms with E-state index in [0.717, 1.165) is 20.9 Å². The number of anilines is 1. The number of nitrogens with zero attached hydrogens (tertiary/aromatic N) is 4. The molecule has 4 aromatic heterocycles. The van der Waals surface area contributed by atoms with Crippen LogP contribution < -0.4 is 4.90 Å². The summed E-state index contributed by atoms with van der Waals surface area (Å²) in [5, 5.41) is 2.75. The van der Waals surface area contributed by atoms with Gasteiger partial charge in [0.1, 0.15) is 21.9 Å². The summed E-state index contributed by atoms with van der Waals surface area (Å²) in [6.45, 7) is 5.82. The number of hydrogen-bond acceptors (Lipinski definition) is 7. The Hall–Kier alpha value is -2.65. The fraction of sp³-hybridized carbons (Fsp3) is 0.278. The van der Waals surface area contributed by atoms with Crippen LogP contribution in [0.1, 0.15) is 26.5 Å². The molecule has 4 heterocycles. The Morgan fingerprint density at radius 1 is 1.41 bits per heavy atom. The van der Waals surface area contributed by atoms with E-state index < -0.39 is 11.7 Å². The number of furan rings is 1. The van der Waals surface area contributed by atoms with Crippen molar-refractivity contribution in [2.45, 2.75) is 32.9 Å². The fourth-order valence-corrected chi connectivity index (χ4v) is 4.59. The van der Waals surface area contributed by atoms with Crippen molar-refractivity contribution in [2.75, 3.05) is 4.90 Å². The molecule has 0 atom stereocenters. The maximum absolute atomic E-state index is 12.9. The average molecular weight is 403 g/mol. The largest absolute Gasteiger partial charge is 0.467 e. The first-order valence-corrected chi connectivity index (χ1v) is 9.96. The Balaban J connectivity index is 1.74. The highest BCUT2D eigenvalue weighted by atomic mass is 32.1. The quantitative estimate of drug-likeness (QED) is 0.476. The molecule has 0 radical (unpaired) electrons. The molecule has 0 bridgehead atoms. The summed E-state index contributed by atoms with van der Waals surface area (Å²) >= 11 is 2.82. The van der Waals surface area contributed by atoms with Crippen molar-refractivity contribution in [1.29, 1.82) is 0 Å². The number of fused-ring (bicyclic) bond motifs is 1. The highest BCUT2D eigenvalue weighted by Crippen LogP contribution is 2.40. The Morgan fingerprint density at radius 2 is 2.26 bits per heavy atom. The third-order valence-corrected chi connectivity index (χ3v) is 5.66. The monoisotopic (exact) mass is 402 g/mol. The summed E-state index contributed by atoms with van der Waals surface area (Å²) in [6, 6.07) is 3.63.